The third-order valence-electron chi connectivity index (χ3n) is 3.71. The van der Waals surface area contributed by atoms with Gasteiger partial charge in [-0.15, -0.1) is 0 Å². The fraction of sp³-hybridized carbons (Fsp3) is 0.500. The Labute approximate surface area is 134 Å². The highest BCUT2D eigenvalue weighted by atomic mass is 79.9. The standard InChI is InChI=1S/C16H21BrN2O2/c1-4-5-13-16(21)19(7-6-14(20)18-13)15-11(3)8-10(2)9-12(15)17/h8-9,13H,4-7H2,1-3H3,(H,18,20). The molecule has 21 heavy (non-hydrogen) atoms. The molecule has 1 aromatic carbocycles. The van der Waals surface area contributed by atoms with Gasteiger partial charge in [0.25, 0.3) is 0 Å². The summed E-state index contributed by atoms with van der Waals surface area (Å²) in [7, 11) is 0. The number of rotatable bonds is 3. The normalized spacial score (nSPS) is 19.4. The summed E-state index contributed by atoms with van der Waals surface area (Å²) in [6.45, 7) is 6.46. The van der Waals surface area contributed by atoms with Crippen LogP contribution in [-0.4, -0.2) is 24.4 Å². The van der Waals surface area contributed by atoms with E-state index in [0.717, 1.165) is 27.7 Å². The van der Waals surface area contributed by atoms with Gasteiger partial charge in [0, 0.05) is 17.4 Å². The zero-order valence-corrected chi connectivity index (χ0v) is 14.3. The Morgan fingerprint density at radius 2 is 2.05 bits per heavy atom. The van der Waals surface area contributed by atoms with Crippen LogP contribution in [0.5, 0.6) is 0 Å². The second-order valence-corrected chi connectivity index (χ2v) is 6.42. The fourth-order valence-electron chi connectivity index (χ4n) is 2.80. The summed E-state index contributed by atoms with van der Waals surface area (Å²) in [5, 5.41) is 2.83. The van der Waals surface area contributed by atoms with E-state index in [0.29, 0.717) is 19.4 Å². The number of aryl methyl sites for hydroxylation is 2. The molecule has 1 aromatic rings. The van der Waals surface area contributed by atoms with Crippen molar-refractivity contribution in [3.63, 3.8) is 0 Å². The summed E-state index contributed by atoms with van der Waals surface area (Å²) in [6, 6.07) is 3.64. The van der Waals surface area contributed by atoms with Crippen molar-refractivity contribution in [1.29, 1.82) is 0 Å². The lowest BCUT2D eigenvalue weighted by atomic mass is 10.1. The lowest BCUT2D eigenvalue weighted by molar-refractivity contribution is -0.125. The van der Waals surface area contributed by atoms with E-state index < -0.39 is 6.04 Å². The van der Waals surface area contributed by atoms with Gasteiger partial charge in [-0.25, -0.2) is 0 Å². The van der Waals surface area contributed by atoms with Gasteiger partial charge in [-0.2, -0.15) is 0 Å². The van der Waals surface area contributed by atoms with Gasteiger partial charge < -0.3 is 10.2 Å². The average Bonchev–Trinajstić information content (AvgIpc) is 2.51. The van der Waals surface area contributed by atoms with Gasteiger partial charge in [-0.1, -0.05) is 19.4 Å². The molecule has 1 atom stereocenters. The highest BCUT2D eigenvalue weighted by Gasteiger charge is 2.31. The summed E-state index contributed by atoms with van der Waals surface area (Å²) in [5.41, 5.74) is 3.06. The molecule has 2 amide bonds. The number of nitrogens with one attached hydrogen (secondary N) is 1. The summed E-state index contributed by atoms with van der Waals surface area (Å²) in [4.78, 5) is 26.3. The van der Waals surface area contributed by atoms with Crippen LogP contribution in [0.2, 0.25) is 0 Å². The molecule has 1 N–H and O–H groups in total. The van der Waals surface area contributed by atoms with Gasteiger partial charge in [0.1, 0.15) is 6.04 Å². The molecule has 1 unspecified atom stereocenters. The minimum atomic E-state index is -0.419. The van der Waals surface area contributed by atoms with Crippen LogP contribution in [-0.2, 0) is 9.59 Å². The first kappa shape index (κ1) is 16.0. The quantitative estimate of drug-likeness (QED) is 0.908. The Bertz CT molecular complexity index is 548. The molecule has 1 fully saturated rings. The molecular weight excluding hydrogens is 332 g/mol. The number of anilines is 1. The Hall–Kier alpha value is -1.36. The molecule has 0 saturated carbocycles. The van der Waals surface area contributed by atoms with Crippen molar-refractivity contribution >= 4 is 33.4 Å². The van der Waals surface area contributed by atoms with E-state index in [1.807, 2.05) is 26.8 Å². The summed E-state index contributed by atoms with van der Waals surface area (Å²) >= 11 is 3.56. The SMILES string of the molecule is CCCC1NC(=O)CCN(c2c(C)cc(C)cc2Br)C1=O. The first-order valence-electron chi connectivity index (χ1n) is 7.31. The van der Waals surface area contributed by atoms with Crippen molar-refractivity contribution in [3.8, 4) is 0 Å². The average molecular weight is 353 g/mol. The van der Waals surface area contributed by atoms with Gasteiger partial charge in [-0.3, -0.25) is 9.59 Å². The number of halogens is 1. The summed E-state index contributed by atoms with van der Waals surface area (Å²) in [5.74, 6) is -0.0689. The lowest BCUT2D eigenvalue weighted by Crippen LogP contribution is -2.45. The molecule has 0 aromatic heterocycles. The highest BCUT2D eigenvalue weighted by Crippen LogP contribution is 2.32. The Kier molecular flexibility index (Phi) is 5.04. The van der Waals surface area contributed by atoms with E-state index in [-0.39, 0.29) is 11.8 Å². The van der Waals surface area contributed by atoms with Crippen molar-refractivity contribution in [3.05, 3.63) is 27.7 Å². The largest absolute Gasteiger partial charge is 0.344 e. The molecule has 0 aliphatic carbocycles. The monoisotopic (exact) mass is 352 g/mol. The van der Waals surface area contributed by atoms with Crippen LogP contribution >= 0.6 is 15.9 Å². The number of amides is 2. The third-order valence-corrected chi connectivity index (χ3v) is 4.31. The second-order valence-electron chi connectivity index (χ2n) is 5.56. The molecule has 2 rings (SSSR count). The Morgan fingerprint density at radius 3 is 2.67 bits per heavy atom. The van der Waals surface area contributed by atoms with Gasteiger partial charge in [0.2, 0.25) is 11.8 Å². The second kappa shape index (κ2) is 6.60. The zero-order valence-electron chi connectivity index (χ0n) is 12.7. The maximum absolute atomic E-state index is 12.8. The number of benzene rings is 1. The summed E-state index contributed by atoms with van der Waals surface area (Å²) < 4.78 is 0.901. The molecule has 4 nitrogen and oxygen atoms in total. The van der Waals surface area contributed by atoms with Crippen molar-refractivity contribution in [2.24, 2.45) is 0 Å². The van der Waals surface area contributed by atoms with Crippen LogP contribution in [0.1, 0.15) is 37.3 Å². The summed E-state index contributed by atoms with van der Waals surface area (Å²) in [6.07, 6.45) is 1.87. The molecule has 1 saturated heterocycles. The molecule has 1 aliphatic rings. The van der Waals surface area contributed by atoms with E-state index in [9.17, 15) is 9.59 Å². The number of nitrogens with zero attached hydrogens (tertiary/aromatic N) is 1. The van der Waals surface area contributed by atoms with E-state index >= 15 is 0 Å². The maximum Gasteiger partial charge on any atom is 0.249 e. The minimum Gasteiger partial charge on any atom is -0.344 e. The number of hydrogen-bond acceptors (Lipinski definition) is 2. The van der Waals surface area contributed by atoms with E-state index in [1.165, 1.54) is 0 Å². The van der Waals surface area contributed by atoms with Gasteiger partial charge in [-0.05, 0) is 53.4 Å². The first-order chi connectivity index (χ1) is 9.93. The maximum atomic E-state index is 12.8. The first-order valence-corrected chi connectivity index (χ1v) is 8.10. The smallest absolute Gasteiger partial charge is 0.249 e. The van der Waals surface area contributed by atoms with Gasteiger partial charge >= 0.3 is 0 Å². The van der Waals surface area contributed by atoms with Crippen molar-refractivity contribution < 1.29 is 9.59 Å². The van der Waals surface area contributed by atoms with Crippen molar-refractivity contribution in [2.45, 2.75) is 46.1 Å². The number of carbonyl (C=O) groups is 2. The zero-order chi connectivity index (χ0) is 15.6. The lowest BCUT2D eigenvalue weighted by Gasteiger charge is -2.27. The number of hydrogen-bond donors (Lipinski definition) is 1. The number of carbonyl (C=O) groups excluding carboxylic acids is 2. The topological polar surface area (TPSA) is 49.4 Å². The van der Waals surface area contributed by atoms with Gasteiger partial charge in [0.05, 0.1) is 5.69 Å². The van der Waals surface area contributed by atoms with Crippen LogP contribution in [0.3, 0.4) is 0 Å². The fourth-order valence-corrected chi connectivity index (χ4v) is 3.68. The van der Waals surface area contributed by atoms with E-state index in [1.54, 1.807) is 4.90 Å². The predicted octanol–water partition coefficient (Wildman–Crippen LogP) is 3.09. The molecular formula is C16H21BrN2O2. The molecule has 0 radical (unpaired) electrons. The highest BCUT2D eigenvalue weighted by molar-refractivity contribution is 9.10. The molecule has 5 heteroatoms. The van der Waals surface area contributed by atoms with Crippen LogP contribution < -0.4 is 10.2 Å². The molecule has 0 bridgehead atoms. The van der Waals surface area contributed by atoms with E-state index in [4.69, 9.17) is 0 Å². The molecule has 0 spiro atoms. The van der Waals surface area contributed by atoms with Gasteiger partial charge in [0.15, 0.2) is 0 Å². The Balaban J connectivity index is 2.41. The third kappa shape index (κ3) is 3.46. The van der Waals surface area contributed by atoms with Crippen LogP contribution in [0.25, 0.3) is 0 Å². The van der Waals surface area contributed by atoms with Crippen LogP contribution in [0, 0.1) is 13.8 Å². The molecule has 114 valence electrons. The van der Waals surface area contributed by atoms with E-state index in [2.05, 4.69) is 27.3 Å². The minimum absolute atomic E-state index is 0.0182. The van der Waals surface area contributed by atoms with Crippen molar-refractivity contribution in [1.82, 2.24) is 5.32 Å². The molecule has 1 aliphatic heterocycles. The Morgan fingerprint density at radius 1 is 1.33 bits per heavy atom. The molecule has 1 heterocycles. The van der Waals surface area contributed by atoms with Crippen LogP contribution in [0.4, 0.5) is 5.69 Å². The van der Waals surface area contributed by atoms with Crippen molar-refractivity contribution in [2.75, 3.05) is 11.4 Å². The predicted molar refractivity (Wildman–Crippen MR) is 87.4 cm³/mol. The van der Waals surface area contributed by atoms with Crippen LogP contribution in [0.15, 0.2) is 16.6 Å².